The second-order valence-corrected chi connectivity index (χ2v) is 8.73. The molecule has 0 radical (unpaired) electrons. The van der Waals surface area contributed by atoms with Crippen LogP contribution in [0.25, 0.3) is 0 Å². The SMILES string of the molecule is O=C(OC1CCC([N+](=O)[O-])CC1)OC1CCCCC1OCOC1CCC([N+](=O)[O-])CC1. The standard InChI is InChI=1S/C20H32N2O9/c23-20(30-17-11-7-15(8-12-17)22(26)27)31-19-4-2-1-3-18(19)29-13-28-16-9-5-14(6-10-16)21(24)25/h14-19H,1-13H2. The molecular formula is C20H32N2O9. The lowest BCUT2D eigenvalue weighted by Gasteiger charge is -2.32. The van der Waals surface area contributed by atoms with Crippen molar-refractivity contribution >= 4 is 6.16 Å². The summed E-state index contributed by atoms with van der Waals surface area (Å²) in [5.41, 5.74) is 0. The number of carbonyl (C=O) groups is 1. The Labute approximate surface area is 181 Å². The van der Waals surface area contributed by atoms with E-state index in [4.69, 9.17) is 18.9 Å². The molecule has 2 unspecified atom stereocenters. The molecule has 2 atom stereocenters. The summed E-state index contributed by atoms with van der Waals surface area (Å²) in [6.07, 6.45) is 5.58. The normalized spacial score (nSPS) is 33.9. The second-order valence-electron chi connectivity index (χ2n) is 8.73. The maximum atomic E-state index is 12.2. The van der Waals surface area contributed by atoms with Gasteiger partial charge in [-0.3, -0.25) is 20.2 Å². The molecule has 0 amide bonds. The molecule has 3 rings (SSSR count). The molecule has 0 aromatic rings. The summed E-state index contributed by atoms with van der Waals surface area (Å²) < 4.78 is 22.5. The van der Waals surface area contributed by atoms with Gasteiger partial charge in [0.1, 0.15) is 19.0 Å². The summed E-state index contributed by atoms with van der Waals surface area (Å²) in [4.78, 5) is 33.4. The van der Waals surface area contributed by atoms with E-state index < -0.39 is 24.3 Å². The summed E-state index contributed by atoms with van der Waals surface area (Å²) in [5.74, 6) is 0. The highest BCUT2D eigenvalue weighted by molar-refractivity contribution is 5.60. The van der Waals surface area contributed by atoms with Crippen molar-refractivity contribution in [3.05, 3.63) is 20.2 Å². The number of hydrogen-bond acceptors (Lipinski definition) is 9. The van der Waals surface area contributed by atoms with E-state index in [1.54, 1.807) is 0 Å². The average Bonchev–Trinajstić information content (AvgIpc) is 2.75. The van der Waals surface area contributed by atoms with E-state index in [0.717, 1.165) is 19.3 Å². The van der Waals surface area contributed by atoms with E-state index in [1.165, 1.54) is 0 Å². The maximum absolute atomic E-state index is 12.2. The van der Waals surface area contributed by atoms with Crippen molar-refractivity contribution in [3.63, 3.8) is 0 Å². The summed E-state index contributed by atoms with van der Waals surface area (Å²) in [6, 6.07) is -1.03. The molecule has 176 valence electrons. The van der Waals surface area contributed by atoms with Crippen LogP contribution in [0.4, 0.5) is 4.79 Å². The molecule has 3 saturated carbocycles. The Hall–Kier alpha value is -2.01. The smallest absolute Gasteiger partial charge is 0.431 e. The van der Waals surface area contributed by atoms with E-state index in [-0.39, 0.29) is 35.0 Å². The predicted octanol–water partition coefficient (Wildman–Crippen LogP) is 3.62. The van der Waals surface area contributed by atoms with Gasteiger partial charge in [0.2, 0.25) is 12.1 Å². The van der Waals surface area contributed by atoms with Gasteiger partial charge in [-0.2, -0.15) is 0 Å². The van der Waals surface area contributed by atoms with Crippen LogP contribution in [-0.2, 0) is 18.9 Å². The van der Waals surface area contributed by atoms with Gasteiger partial charge in [0.05, 0.1) is 12.2 Å². The van der Waals surface area contributed by atoms with Crippen molar-refractivity contribution in [3.8, 4) is 0 Å². The van der Waals surface area contributed by atoms with Crippen molar-refractivity contribution in [1.29, 1.82) is 0 Å². The topological polar surface area (TPSA) is 140 Å². The maximum Gasteiger partial charge on any atom is 0.508 e. The van der Waals surface area contributed by atoms with E-state index in [1.807, 2.05) is 0 Å². The van der Waals surface area contributed by atoms with E-state index >= 15 is 0 Å². The number of ether oxygens (including phenoxy) is 4. The number of nitrogens with zero attached hydrogens (tertiary/aromatic N) is 2. The minimum Gasteiger partial charge on any atom is -0.431 e. The van der Waals surface area contributed by atoms with Crippen LogP contribution in [0.3, 0.4) is 0 Å². The van der Waals surface area contributed by atoms with Crippen molar-refractivity contribution in [1.82, 2.24) is 0 Å². The minimum atomic E-state index is -0.746. The Balaban J connectivity index is 1.36. The van der Waals surface area contributed by atoms with Crippen LogP contribution in [0.5, 0.6) is 0 Å². The molecule has 3 aliphatic rings. The molecular weight excluding hydrogens is 412 g/mol. The largest absolute Gasteiger partial charge is 0.508 e. The molecule has 3 fully saturated rings. The van der Waals surface area contributed by atoms with Crippen LogP contribution >= 0.6 is 0 Å². The summed E-state index contributed by atoms with van der Waals surface area (Å²) >= 11 is 0. The van der Waals surface area contributed by atoms with Gasteiger partial charge in [-0.05, 0) is 44.9 Å². The highest BCUT2D eigenvalue weighted by Gasteiger charge is 2.34. The predicted molar refractivity (Wildman–Crippen MR) is 107 cm³/mol. The van der Waals surface area contributed by atoms with E-state index in [9.17, 15) is 25.0 Å². The lowest BCUT2D eigenvalue weighted by molar-refractivity contribution is -0.527. The summed E-state index contributed by atoms with van der Waals surface area (Å²) in [7, 11) is 0. The lowest BCUT2D eigenvalue weighted by atomic mass is 9.93. The second kappa shape index (κ2) is 11.6. The van der Waals surface area contributed by atoms with Gasteiger partial charge in [-0.25, -0.2) is 4.79 Å². The lowest BCUT2D eigenvalue weighted by Crippen LogP contribution is -2.39. The molecule has 0 N–H and O–H groups in total. The minimum absolute atomic E-state index is 0.0431. The summed E-state index contributed by atoms with van der Waals surface area (Å²) in [5, 5.41) is 21.7. The highest BCUT2D eigenvalue weighted by Crippen LogP contribution is 2.28. The zero-order chi connectivity index (χ0) is 22.2. The quantitative estimate of drug-likeness (QED) is 0.237. The van der Waals surface area contributed by atoms with E-state index in [2.05, 4.69) is 0 Å². The van der Waals surface area contributed by atoms with Crippen LogP contribution in [0.2, 0.25) is 0 Å². The van der Waals surface area contributed by atoms with Gasteiger partial charge in [0.25, 0.3) is 0 Å². The fourth-order valence-electron chi connectivity index (χ4n) is 4.70. The van der Waals surface area contributed by atoms with Crippen LogP contribution in [-0.4, -0.2) is 59.3 Å². The van der Waals surface area contributed by atoms with Gasteiger partial charge in [-0.15, -0.1) is 0 Å². The Morgan fingerprint density at radius 1 is 0.677 bits per heavy atom. The Bertz CT molecular complexity index is 616. The third-order valence-electron chi connectivity index (χ3n) is 6.62. The van der Waals surface area contributed by atoms with Crippen molar-refractivity contribution in [2.24, 2.45) is 0 Å². The van der Waals surface area contributed by atoms with Crippen molar-refractivity contribution < 1.29 is 33.6 Å². The number of nitro groups is 2. The molecule has 11 nitrogen and oxygen atoms in total. The molecule has 0 aliphatic heterocycles. The molecule has 11 heteroatoms. The highest BCUT2D eigenvalue weighted by atomic mass is 16.7. The number of carbonyl (C=O) groups excluding carboxylic acids is 1. The van der Waals surface area contributed by atoms with Crippen LogP contribution < -0.4 is 0 Å². The fraction of sp³-hybridized carbons (Fsp3) is 0.950. The Morgan fingerprint density at radius 3 is 1.74 bits per heavy atom. The Morgan fingerprint density at radius 2 is 1.19 bits per heavy atom. The van der Waals surface area contributed by atoms with Gasteiger partial charge < -0.3 is 18.9 Å². The van der Waals surface area contributed by atoms with E-state index in [0.29, 0.717) is 57.8 Å². The van der Waals surface area contributed by atoms with Crippen molar-refractivity contribution in [2.75, 3.05) is 6.79 Å². The molecule has 0 spiro atoms. The number of hydrogen-bond donors (Lipinski definition) is 0. The fourth-order valence-corrected chi connectivity index (χ4v) is 4.70. The first-order valence-corrected chi connectivity index (χ1v) is 11.3. The van der Waals surface area contributed by atoms with Crippen LogP contribution in [0, 0.1) is 20.2 Å². The zero-order valence-electron chi connectivity index (χ0n) is 17.7. The molecule has 0 aromatic heterocycles. The third-order valence-corrected chi connectivity index (χ3v) is 6.62. The first-order valence-electron chi connectivity index (χ1n) is 11.3. The monoisotopic (exact) mass is 444 g/mol. The molecule has 31 heavy (non-hydrogen) atoms. The molecule has 0 saturated heterocycles. The molecule has 0 aromatic carbocycles. The van der Waals surface area contributed by atoms with Gasteiger partial charge in [0.15, 0.2) is 0 Å². The number of rotatable bonds is 8. The van der Waals surface area contributed by atoms with Crippen molar-refractivity contribution in [2.45, 2.75) is 114 Å². The third kappa shape index (κ3) is 7.27. The Kier molecular flexibility index (Phi) is 8.82. The molecule has 0 heterocycles. The van der Waals surface area contributed by atoms with Crippen LogP contribution in [0.1, 0.15) is 77.0 Å². The van der Waals surface area contributed by atoms with Gasteiger partial charge >= 0.3 is 6.16 Å². The van der Waals surface area contributed by atoms with Gasteiger partial charge in [0, 0.05) is 35.5 Å². The molecule has 0 bridgehead atoms. The zero-order valence-corrected chi connectivity index (χ0v) is 17.7. The van der Waals surface area contributed by atoms with Gasteiger partial charge in [-0.1, -0.05) is 6.42 Å². The molecule has 3 aliphatic carbocycles. The first-order chi connectivity index (χ1) is 14.9. The first kappa shape index (κ1) is 23.6. The summed E-state index contributed by atoms with van der Waals surface area (Å²) in [6.45, 7) is 0.0677. The van der Waals surface area contributed by atoms with Crippen LogP contribution in [0.15, 0.2) is 0 Å². The average molecular weight is 444 g/mol.